The predicted octanol–water partition coefficient (Wildman–Crippen LogP) is 2.00. The van der Waals surface area contributed by atoms with Crippen molar-refractivity contribution < 1.29 is 24.2 Å². The molecule has 0 atom stereocenters. The molecule has 0 radical (unpaired) electrons. The van der Waals surface area contributed by atoms with Gasteiger partial charge in [-0.2, -0.15) is 0 Å². The number of hydrogen-bond acceptors (Lipinski definition) is 6. The van der Waals surface area contributed by atoms with Crippen LogP contribution in [0.4, 0.5) is 0 Å². The first kappa shape index (κ1) is 18.8. The zero-order chi connectivity index (χ0) is 19.2. The van der Waals surface area contributed by atoms with Gasteiger partial charge in [0, 0.05) is 18.7 Å². The van der Waals surface area contributed by atoms with Crippen LogP contribution in [0.15, 0.2) is 36.7 Å². The minimum atomic E-state index is -1.17. The first-order valence-electron chi connectivity index (χ1n) is 8.66. The number of hydrogen-bond donors (Lipinski definition) is 1. The molecule has 1 N–H and O–H groups in total. The molecule has 0 bridgehead atoms. The van der Waals surface area contributed by atoms with E-state index in [-0.39, 0.29) is 23.4 Å². The number of aromatic carboxylic acids is 1. The van der Waals surface area contributed by atoms with E-state index in [1.165, 1.54) is 6.20 Å². The summed E-state index contributed by atoms with van der Waals surface area (Å²) < 4.78 is 11.3. The van der Waals surface area contributed by atoms with Gasteiger partial charge in [0.2, 0.25) is 0 Å². The second-order valence-electron chi connectivity index (χ2n) is 6.21. The number of methoxy groups -OCH3 is 1. The Labute approximate surface area is 156 Å². The maximum atomic E-state index is 12.5. The van der Waals surface area contributed by atoms with Crippen molar-refractivity contribution in [3.05, 3.63) is 53.6 Å². The van der Waals surface area contributed by atoms with Crippen LogP contribution in [0.3, 0.4) is 0 Å². The number of carboxylic acid groups (broad SMARTS) is 1. The second-order valence-corrected chi connectivity index (χ2v) is 6.21. The van der Waals surface area contributed by atoms with Gasteiger partial charge in [-0.3, -0.25) is 4.79 Å². The SMILES string of the molecule is COc1ccccc1COC1CCN(C(=O)c2cnc(C(=O)O)cn2)CC1. The predicted molar refractivity (Wildman–Crippen MR) is 95.7 cm³/mol. The highest BCUT2D eigenvalue weighted by Crippen LogP contribution is 2.21. The van der Waals surface area contributed by atoms with Gasteiger partial charge >= 0.3 is 5.97 Å². The molecule has 1 aromatic carbocycles. The maximum Gasteiger partial charge on any atom is 0.356 e. The van der Waals surface area contributed by atoms with Crippen molar-refractivity contribution in [1.82, 2.24) is 14.9 Å². The molecule has 1 fully saturated rings. The zero-order valence-corrected chi connectivity index (χ0v) is 15.0. The smallest absolute Gasteiger partial charge is 0.356 e. The van der Waals surface area contributed by atoms with Gasteiger partial charge < -0.3 is 19.5 Å². The van der Waals surface area contributed by atoms with Crippen LogP contribution in [0.2, 0.25) is 0 Å². The lowest BCUT2D eigenvalue weighted by atomic mass is 10.1. The molecular formula is C19H21N3O5. The first-order valence-corrected chi connectivity index (χ1v) is 8.66. The molecule has 3 rings (SSSR count). The van der Waals surface area contributed by atoms with E-state index in [1.54, 1.807) is 12.0 Å². The van der Waals surface area contributed by atoms with Crippen LogP contribution in [-0.2, 0) is 11.3 Å². The summed E-state index contributed by atoms with van der Waals surface area (Å²) in [6.07, 6.45) is 3.82. The van der Waals surface area contributed by atoms with Crippen LogP contribution < -0.4 is 4.74 Å². The third-order valence-corrected chi connectivity index (χ3v) is 4.49. The van der Waals surface area contributed by atoms with Crippen LogP contribution in [0.25, 0.3) is 0 Å². The Balaban J connectivity index is 1.51. The molecule has 2 aromatic rings. The summed E-state index contributed by atoms with van der Waals surface area (Å²) in [7, 11) is 1.63. The van der Waals surface area contributed by atoms with E-state index in [4.69, 9.17) is 14.6 Å². The Bertz CT molecular complexity index is 801. The lowest BCUT2D eigenvalue weighted by Gasteiger charge is -2.31. The zero-order valence-electron chi connectivity index (χ0n) is 15.0. The maximum absolute atomic E-state index is 12.5. The summed E-state index contributed by atoms with van der Waals surface area (Å²) in [6.45, 7) is 1.57. The van der Waals surface area contributed by atoms with Crippen molar-refractivity contribution in [2.24, 2.45) is 0 Å². The molecule has 2 heterocycles. The van der Waals surface area contributed by atoms with E-state index in [2.05, 4.69) is 9.97 Å². The summed E-state index contributed by atoms with van der Waals surface area (Å²) in [4.78, 5) is 32.6. The van der Waals surface area contributed by atoms with Crippen LogP contribution in [0.1, 0.15) is 39.4 Å². The number of carbonyl (C=O) groups excluding carboxylic acids is 1. The van der Waals surface area contributed by atoms with E-state index in [0.29, 0.717) is 19.7 Å². The highest BCUT2D eigenvalue weighted by Gasteiger charge is 2.25. The number of carbonyl (C=O) groups is 2. The molecule has 0 aliphatic carbocycles. The number of likely N-dealkylation sites (tertiary alicyclic amines) is 1. The van der Waals surface area contributed by atoms with Gasteiger partial charge in [0.05, 0.1) is 32.2 Å². The standard InChI is InChI=1S/C19H21N3O5/c1-26-17-5-3-2-4-13(17)12-27-14-6-8-22(9-7-14)18(23)15-10-21-16(11-20-15)19(24)25/h2-5,10-11,14H,6-9,12H2,1H3,(H,24,25). The highest BCUT2D eigenvalue weighted by atomic mass is 16.5. The first-order chi connectivity index (χ1) is 13.1. The molecule has 1 saturated heterocycles. The summed E-state index contributed by atoms with van der Waals surface area (Å²) in [6, 6.07) is 7.73. The van der Waals surface area contributed by atoms with Crippen molar-refractivity contribution in [3.63, 3.8) is 0 Å². The van der Waals surface area contributed by atoms with Crippen LogP contribution in [0, 0.1) is 0 Å². The molecule has 1 amide bonds. The highest BCUT2D eigenvalue weighted by molar-refractivity contribution is 5.92. The Hall–Kier alpha value is -3.00. The monoisotopic (exact) mass is 371 g/mol. The third-order valence-electron chi connectivity index (χ3n) is 4.49. The largest absolute Gasteiger partial charge is 0.496 e. The number of benzene rings is 1. The summed E-state index contributed by atoms with van der Waals surface area (Å²) in [5, 5.41) is 8.84. The molecule has 8 nitrogen and oxygen atoms in total. The van der Waals surface area contributed by atoms with Crippen LogP contribution >= 0.6 is 0 Å². The topological polar surface area (TPSA) is 102 Å². The quantitative estimate of drug-likeness (QED) is 0.828. The van der Waals surface area contributed by atoms with Gasteiger partial charge in [0.15, 0.2) is 5.69 Å². The van der Waals surface area contributed by atoms with Crippen molar-refractivity contribution in [1.29, 1.82) is 0 Å². The van der Waals surface area contributed by atoms with E-state index >= 15 is 0 Å². The lowest BCUT2D eigenvalue weighted by Crippen LogP contribution is -2.41. The fraction of sp³-hybridized carbons (Fsp3) is 0.368. The number of amides is 1. The molecule has 27 heavy (non-hydrogen) atoms. The number of rotatable bonds is 6. The number of carboxylic acids is 1. The van der Waals surface area contributed by atoms with E-state index < -0.39 is 5.97 Å². The molecule has 0 saturated carbocycles. The Morgan fingerprint density at radius 3 is 2.44 bits per heavy atom. The second kappa shape index (κ2) is 8.59. The van der Waals surface area contributed by atoms with Crippen molar-refractivity contribution in [2.75, 3.05) is 20.2 Å². The normalized spacial score (nSPS) is 14.8. The number of nitrogens with zero attached hydrogens (tertiary/aromatic N) is 3. The van der Waals surface area contributed by atoms with Crippen molar-refractivity contribution >= 4 is 11.9 Å². The van der Waals surface area contributed by atoms with E-state index in [1.807, 2.05) is 24.3 Å². The van der Waals surface area contributed by atoms with E-state index in [0.717, 1.165) is 30.4 Å². The van der Waals surface area contributed by atoms with Crippen LogP contribution in [0.5, 0.6) is 5.75 Å². The van der Waals surface area contributed by atoms with Gasteiger partial charge in [0.1, 0.15) is 11.4 Å². The fourth-order valence-corrected chi connectivity index (χ4v) is 2.97. The van der Waals surface area contributed by atoms with Gasteiger partial charge in [-0.1, -0.05) is 18.2 Å². The van der Waals surface area contributed by atoms with Crippen molar-refractivity contribution in [3.8, 4) is 5.75 Å². The van der Waals surface area contributed by atoms with Gasteiger partial charge in [-0.05, 0) is 18.9 Å². The molecule has 142 valence electrons. The number of aromatic nitrogens is 2. The minimum absolute atomic E-state index is 0.0689. The van der Waals surface area contributed by atoms with Gasteiger partial charge in [-0.25, -0.2) is 14.8 Å². The Kier molecular flexibility index (Phi) is 5.97. The van der Waals surface area contributed by atoms with E-state index in [9.17, 15) is 9.59 Å². The number of ether oxygens (including phenoxy) is 2. The molecule has 1 aliphatic rings. The van der Waals surface area contributed by atoms with Crippen molar-refractivity contribution in [2.45, 2.75) is 25.6 Å². The van der Waals surface area contributed by atoms with Gasteiger partial charge in [0.25, 0.3) is 5.91 Å². The summed E-state index contributed by atoms with van der Waals surface area (Å²) in [5.74, 6) is -0.620. The Morgan fingerprint density at radius 1 is 1.15 bits per heavy atom. The summed E-state index contributed by atoms with van der Waals surface area (Å²) >= 11 is 0. The molecule has 8 heteroatoms. The average Bonchev–Trinajstić information content (AvgIpc) is 2.72. The molecule has 0 unspecified atom stereocenters. The molecular weight excluding hydrogens is 350 g/mol. The van der Waals surface area contributed by atoms with Crippen LogP contribution in [-0.4, -0.2) is 58.2 Å². The average molecular weight is 371 g/mol. The number of piperidine rings is 1. The summed E-state index contributed by atoms with van der Waals surface area (Å²) in [5.41, 5.74) is 0.954. The molecule has 1 aliphatic heterocycles. The minimum Gasteiger partial charge on any atom is -0.496 e. The molecule has 1 aromatic heterocycles. The third kappa shape index (κ3) is 4.59. The lowest BCUT2D eigenvalue weighted by molar-refractivity contribution is -0.00111. The number of para-hydroxylation sites is 1. The fourth-order valence-electron chi connectivity index (χ4n) is 2.97. The Morgan fingerprint density at radius 2 is 1.81 bits per heavy atom. The van der Waals surface area contributed by atoms with Gasteiger partial charge in [-0.15, -0.1) is 0 Å². The molecule has 0 spiro atoms.